The summed E-state index contributed by atoms with van der Waals surface area (Å²) in [4.78, 5) is 11.6. The van der Waals surface area contributed by atoms with Gasteiger partial charge < -0.3 is 17.1 Å². The highest BCUT2D eigenvalue weighted by molar-refractivity contribution is 6.90. The van der Waals surface area contributed by atoms with E-state index >= 15 is 0 Å². The Morgan fingerprint density at radius 3 is 1.65 bits per heavy atom. The molecule has 0 amide bonds. The number of carbonyl (C=O) groups excluding carboxylic acids is 1. The Bertz CT molecular complexity index is 396. The Morgan fingerprint density at radius 1 is 0.913 bits per heavy atom. The van der Waals surface area contributed by atoms with Gasteiger partial charge in [-0.1, -0.05) is 13.5 Å². The molecule has 5 nitrogen and oxygen atoms in total. The van der Waals surface area contributed by atoms with Crippen molar-refractivity contribution < 1.29 is 21.9 Å². The highest BCUT2D eigenvalue weighted by Crippen LogP contribution is 2.27. The molecule has 0 saturated carbocycles. The lowest BCUT2D eigenvalue weighted by Gasteiger charge is -2.42. The molecule has 0 aromatic carbocycles. The fourth-order valence-electron chi connectivity index (χ4n) is 1.80. The lowest BCUT2D eigenvalue weighted by Crippen LogP contribution is -2.63. The average Bonchev–Trinajstić information content (AvgIpc) is 2.31. The van der Waals surface area contributed by atoms with Crippen molar-refractivity contribution in [2.24, 2.45) is 0 Å². The SMILES string of the molecule is C=CC(=O)OC[Si](O[Si](C)(C)C)(O[Si](C)(C)C)O[Si](C)(C)CC. The van der Waals surface area contributed by atoms with Crippen LogP contribution in [0.4, 0.5) is 0 Å². The monoisotopic (exact) mass is 394 g/mol. The molecule has 0 bridgehead atoms. The summed E-state index contributed by atoms with van der Waals surface area (Å²) in [6.45, 7) is 22.4. The predicted molar refractivity (Wildman–Crippen MR) is 105 cm³/mol. The molecule has 0 atom stereocenters. The number of rotatable bonds is 10. The van der Waals surface area contributed by atoms with Crippen LogP contribution in [0.1, 0.15) is 6.92 Å². The normalized spacial score (nSPS) is 13.8. The molecule has 0 aromatic rings. The summed E-state index contributed by atoms with van der Waals surface area (Å²) in [6.07, 6.45) is 1.22. The molecule has 0 spiro atoms. The van der Waals surface area contributed by atoms with Gasteiger partial charge in [0.2, 0.25) is 0 Å². The first-order valence-corrected chi connectivity index (χ1v) is 19.9. The molecule has 0 aliphatic carbocycles. The Labute approximate surface area is 146 Å². The first kappa shape index (κ1) is 23.0. The molecule has 0 aliphatic rings. The van der Waals surface area contributed by atoms with Gasteiger partial charge in [-0.15, -0.1) is 0 Å². The third-order valence-electron chi connectivity index (χ3n) is 2.76. The van der Waals surface area contributed by atoms with Gasteiger partial charge in [-0.3, -0.25) is 0 Å². The van der Waals surface area contributed by atoms with E-state index in [4.69, 9.17) is 17.1 Å². The second kappa shape index (κ2) is 8.36. The lowest BCUT2D eigenvalue weighted by atomic mass is 10.7. The van der Waals surface area contributed by atoms with Crippen LogP contribution in [-0.2, 0) is 21.9 Å². The number of ether oxygens (including phenoxy) is 1. The van der Waals surface area contributed by atoms with Crippen LogP contribution in [0.3, 0.4) is 0 Å². The summed E-state index contributed by atoms with van der Waals surface area (Å²) in [5.74, 6) is -0.472. The maximum atomic E-state index is 11.6. The molecular formula is C14H34O5Si4. The molecule has 0 radical (unpaired) electrons. The predicted octanol–water partition coefficient (Wildman–Crippen LogP) is 4.14. The first-order valence-electron chi connectivity index (χ1n) is 8.03. The van der Waals surface area contributed by atoms with Gasteiger partial charge in [-0.2, -0.15) is 0 Å². The lowest BCUT2D eigenvalue weighted by molar-refractivity contribution is -0.137. The third-order valence-corrected chi connectivity index (χ3v) is 15.8. The molecule has 23 heavy (non-hydrogen) atoms. The maximum absolute atomic E-state index is 11.6. The third kappa shape index (κ3) is 10.4. The zero-order chi connectivity index (χ0) is 18.5. The smallest absolute Gasteiger partial charge is 0.458 e. The Kier molecular flexibility index (Phi) is 8.35. The molecule has 0 unspecified atom stereocenters. The first-order chi connectivity index (χ1) is 10.1. The molecule has 9 heteroatoms. The van der Waals surface area contributed by atoms with Crippen LogP contribution in [0.25, 0.3) is 0 Å². The van der Waals surface area contributed by atoms with E-state index in [-0.39, 0.29) is 6.23 Å². The van der Waals surface area contributed by atoms with Crippen LogP contribution in [0.5, 0.6) is 0 Å². The summed E-state index contributed by atoms with van der Waals surface area (Å²) >= 11 is 0. The minimum atomic E-state index is -3.11. The Balaban J connectivity index is 5.68. The van der Waals surface area contributed by atoms with Crippen molar-refractivity contribution in [2.45, 2.75) is 65.3 Å². The fraction of sp³-hybridized carbons (Fsp3) is 0.786. The number of esters is 1. The summed E-state index contributed by atoms with van der Waals surface area (Å²) in [5, 5.41) is 0. The Morgan fingerprint density at radius 2 is 1.35 bits per heavy atom. The van der Waals surface area contributed by atoms with E-state index in [9.17, 15) is 4.79 Å². The van der Waals surface area contributed by atoms with E-state index < -0.39 is 39.7 Å². The molecule has 0 saturated heterocycles. The van der Waals surface area contributed by atoms with Gasteiger partial charge in [-0.05, 0) is 58.4 Å². The van der Waals surface area contributed by atoms with Crippen molar-refractivity contribution in [3.05, 3.63) is 12.7 Å². The van der Waals surface area contributed by atoms with Gasteiger partial charge in [0.25, 0.3) is 0 Å². The molecular weight excluding hydrogens is 360 g/mol. The molecule has 0 heterocycles. The summed E-state index contributed by atoms with van der Waals surface area (Å²) in [6, 6.07) is 0.946. The number of hydrogen-bond acceptors (Lipinski definition) is 5. The van der Waals surface area contributed by atoms with Gasteiger partial charge in [0, 0.05) is 6.08 Å². The highest BCUT2D eigenvalue weighted by atomic mass is 28.5. The standard InChI is InChI=1S/C14H34O5Si4/c1-11-14(15)16-13-23(17-20(3,4)5,18-21(6,7)8)19-22(9,10)12-2/h11H,1,12-13H2,2-10H3. The second-order valence-corrected chi connectivity index (χ2v) is 24.9. The van der Waals surface area contributed by atoms with Gasteiger partial charge >= 0.3 is 14.8 Å². The van der Waals surface area contributed by atoms with Crippen LogP contribution in [0, 0.1) is 0 Å². The van der Waals surface area contributed by atoms with Crippen molar-refractivity contribution >= 4 is 39.7 Å². The van der Waals surface area contributed by atoms with Crippen LogP contribution in [0.2, 0.25) is 58.4 Å². The highest BCUT2D eigenvalue weighted by Gasteiger charge is 2.52. The van der Waals surface area contributed by atoms with Gasteiger partial charge in [0.1, 0.15) is 0 Å². The summed E-state index contributed by atoms with van der Waals surface area (Å²) < 4.78 is 24.7. The van der Waals surface area contributed by atoms with E-state index in [0.717, 1.165) is 12.1 Å². The summed E-state index contributed by atoms with van der Waals surface area (Å²) in [7, 11) is -8.96. The van der Waals surface area contributed by atoms with Gasteiger partial charge in [0.05, 0.1) is 0 Å². The average molecular weight is 395 g/mol. The molecule has 0 fully saturated rings. The molecule has 0 N–H and O–H groups in total. The van der Waals surface area contributed by atoms with E-state index in [0.29, 0.717) is 0 Å². The summed E-state index contributed by atoms with van der Waals surface area (Å²) in [5.41, 5.74) is 0. The molecule has 0 rings (SSSR count). The van der Waals surface area contributed by atoms with Crippen molar-refractivity contribution in [2.75, 3.05) is 6.23 Å². The second-order valence-electron chi connectivity index (χ2n) is 8.14. The quantitative estimate of drug-likeness (QED) is 0.317. The zero-order valence-electron chi connectivity index (χ0n) is 16.2. The minimum absolute atomic E-state index is 0.0584. The van der Waals surface area contributed by atoms with Gasteiger partial charge in [-0.25, -0.2) is 4.79 Å². The van der Waals surface area contributed by atoms with Crippen LogP contribution in [0.15, 0.2) is 12.7 Å². The molecule has 136 valence electrons. The Hall–Kier alpha value is -0.0425. The van der Waals surface area contributed by atoms with Crippen molar-refractivity contribution in [3.63, 3.8) is 0 Å². The number of hydrogen-bond donors (Lipinski definition) is 0. The van der Waals surface area contributed by atoms with E-state index in [2.05, 4.69) is 65.9 Å². The topological polar surface area (TPSA) is 54.0 Å². The minimum Gasteiger partial charge on any atom is -0.458 e. The number of carbonyl (C=O) groups is 1. The maximum Gasteiger partial charge on any atom is 0.509 e. The fourth-order valence-corrected chi connectivity index (χ4v) is 15.9. The van der Waals surface area contributed by atoms with Gasteiger partial charge in [0.15, 0.2) is 31.2 Å². The van der Waals surface area contributed by atoms with E-state index in [1.54, 1.807) is 0 Å². The van der Waals surface area contributed by atoms with Crippen molar-refractivity contribution in [1.82, 2.24) is 0 Å². The van der Waals surface area contributed by atoms with Crippen LogP contribution >= 0.6 is 0 Å². The van der Waals surface area contributed by atoms with E-state index in [1.165, 1.54) is 0 Å². The van der Waals surface area contributed by atoms with Crippen molar-refractivity contribution in [1.29, 1.82) is 0 Å². The molecule has 0 aromatic heterocycles. The van der Waals surface area contributed by atoms with E-state index in [1.807, 2.05) is 0 Å². The molecule has 0 aliphatic heterocycles. The zero-order valence-corrected chi connectivity index (χ0v) is 20.2. The van der Waals surface area contributed by atoms with Crippen molar-refractivity contribution in [3.8, 4) is 0 Å². The van der Waals surface area contributed by atoms with Crippen LogP contribution in [-0.4, -0.2) is 46.0 Å². The van der Waals surface area contributed by atoms with Crippen LogP contribution < -0.4 is 0 Å². The largest absolute Gasteiger partial charge is 0.509 e.